The maximum atomic E-state index is 5.80. The van der Waals surface area contributed by atoms with Crippen molar-refractivity contribution in [1.82, 2.24) is 14.5 Å². The molecule has 0 unspecified atom stereocenters. The van der Waals surface area contributed by atoms with Gasteiger partial charge in [0.2, 0.25) is 0 Å². The van der Waals surface area contributed by atoms with Gasteiger partial charge in [-0.15, -0.1) is 11.3 Å². The topological polar surface area (TPSA) is 43.9 Å². The highest BCUT2D eigenvalue weighted by atomic mass is 32.1. The largest absolute Gasteiger partial charge is 0.464 e. The molecule has 0 spiro atoms. The van der Waals surface area contributed by atoms with Crippen molar-refractivity contribution < 1.29 is 4.42 Å². The van der Waals surface area contributed by atoms with Gasteiger partial charge in [0.25, 0.3) is 0 Å². The van der Waals surface area contributed by atoms with Gasteiger partial charge in [-0.25, -0.2) is 4.98 Å². The van der Waals surface area contributed by atoms with Gasteiger partial charge in [-0.3, -0.25) is 4.98 Å². The number of para-hydroxylation sites is 2. The second-order valence-electron chi connectivity index (χ2n) is 9.49. The predicted molar refractivity (Wildman–Crippen MR) is 160 cm³/mol. The zero-order valence-electron chi connectivity index (χ0n) is 20.8. The van der Waals surface area contributed by atoms with Gasteiger partial charge in [0.15, 0.2) is 0 Å². The van der Waals surface area contributed by atoms with Crippen molar-refractivity contribution in [3.63, 3.8) is 0 Å². The lowest BCUT2D eigenvalue weighted by Crippen LogP contribution is -1.96. The lowest BCUT2D eigenvalue weighted by Gasteiger charge is -2.13. The molecule has 0 saturated carbocycles. The molecular weight excluding hydrogens is 498 g/mol. The Kier molecular flexibility index (Phi) is 4.96. The smallest absolute Gasteiger partial charge is 0.134 e. The first-order valence-corrected chi connectivity index (χ1v) is 13.6. The molecule has 0 atom stereocenters. The quantitative estimate of drug-likeness (QED) is 0.233. The van der Waals surface area contributed by atoms with E-state index in [-0.39, 0.29) is 0 Å². The number of hydrogen-bond donors (Lipinski definition) is 0. The van der Waals surface area contributed by atoms with Crippen LogP contribution in [0.2, 0.25) is 0 Å². The van der Waals surface area contributed by atoms with Gasteiger partial charge < -0.3 is 8.98 Å². The van der Waals surface area contributed by atoms with E-state index in [2.05, 4.69) is 88.4 Å². The number of nitrogens with zero attached hydrogens (tertiary/aromatic N) is 3. The van der Waals surface area contributed by atoms with Gasteiger partial charge in [0.05, 0.1) is 33.2 Å². The number of rotatable bonds is 4. The fraction of sp³-hybridized carbons (Fsp3) is 0. The molecule has 4 heterocycles. The highest BCUT2D eigenvalue weighted by Crippen LogP contribution is 2.39. The van der Waals surface area contributed by atoms with Crippen LogP contribution in [0.3, 0.4) is 0 Å². The molecule has 0 N–H and O–H groups in total. The standard InChI is InChI=1S/C34H21N3OS/c1-3-11-30-24(8-1)25-16-14-22(34-36-29-10-2-4-13-33(29)39-34)20-31(25)37(30)23-15-17-26(32-12-7-19-38-32)27(21-23)28-9-5-6-18-35-28/h1-21H. The van der Waals surface area contributed by atoms with Crippen molar-refractivity contribution in [2.75, 3.05) is 0 Å². The van der Waals surface area contributed by atoms with Gasteiger partial charge in [0, 0.05) is 39.3 Å². The lowest BCUT2D eigenvalue weighted by molar-refractivity contribution is 0.582. The monoisotopic (exact) mass is 519 g/mol. The third kappa shape index (κ3) is 3.59. The molecule has 184 valence electrons. The highest BCUT2D eigenvalue weighted by molar-refractivity contribution is 7.21. The van der Waals surface area contributed by atoms with Crippen LogP contribution in [-0.4, -0.2) is 14.5 Å². The first kappa shape index (κ1) is 22.0. The Morgan fingerprint density at radius 1 is 0.667 bits per heavy atom. The van der Waals surface area contributed by atoms with E-state index in [1.165, 1.54) is 15.5 Å². The summed E-state index contributed by atoms with van der Waals surface area (Å²) in [6, 6.07) is 40.0. The Labute approximate surface area is 228 Å². The Balaban J connectivity index is 1.39. The molecule has 0 saturated heterocycles. The average molecular weight is 520 g/mol. The predicted octanol–water partition coefficient (Wildman–Crippen LogP) is 9.38. The first-order valence-electron chi connectivity index (χ1n) is 12.8. The zero-order chi connectivity index (χ0) is 25.8. The Hall–Kier alpha value is -5.00. The molecule has 0 fully saturated rings. The van der Waals surface area contributed by atoms with E-state index in [0.717, 1.165) is 55.4 Å². The van der Waals surface area contributed by atoms with Crippen LogP contribution >= 0.6 is 11.3 Å². The average Bonchev–Trinajstić information content (AvgIpc) is 3.75. The molecule has 0 amide bonds. The van der Waals surface area contributed by atoms with Crippen molar-refractivity contribution >= 4 is 43.4 Å². The van der Waals surface area contributed by atoms with Gasteiger partial charge in [-0.2, -0.15) is 0 Å². The summed E-state index contributed by atoms with van der Waals surface area (Å²) in [4.78, 5) is 9.61. The molecule has 0 aliphatic carbocycles. The number of aromatic nitrogens is 3. The van der Waals surface area contributed by atoms with Crippen LogP contribution in [0, 0.1) is 0 Å². The highest BCUT2D eigenvalue weighted by Gasteiger charge is 2.17. The van der Waals surface area contributed by atoms with E-state index < -0.39 is 0 Å². The minimum absolute atomic E-state index is 0.822. The fourth-order valence-corrected chi connectivity index (χ4v) is 6.39. The van der Waals surface area contributed by atoms with E-state index in [0.29, 0.717) is 0 Å². The van der Waals surface area contributed by atoms with E-state index in [1.807, 2.05) is 42.6 Å². The van der Waals surface area contributed by atoms with E-state index in [9.17, 15) is 0 Å². The summed E-state index contributed by atoms with van der Waals surface area (Å²) in [6.07, 6.45) is 3.54. The van der Waals surface area contributed by atoms with Crippen molar-refractivity contribution in [2.45, 2.75) is 0 Å². The van der Waals surface area contributed by atoms with Crippen LogP contribution in [0.5, 0.6) is 0 Å². The fourth-order valence-electron chi connectivity index (χ4n) is 5.43. The van der Waals surface area contributed by atoms with E-state index in [4.69, 9.17) is 9.40 Å². The minimum Gasteiger partial charge on any atom is -0.464 e. The SMILES string of the molecule is c1ccc(-c2cc(-n3c4ccccc4c4ccc(-c5nc6ccccc6s5)cc43)ccc2-c2ccco2)nc1. The van der Waals surface area contributed by atoms with Crippen LogP contribution in [-0.2, 0) is 0 Å². The molecule has 0 bridgehead atoms. The van der Waals surface area contributed by atoms with Crippen LogP contribution in [0.15, 0.2) is 132 Å². The normalized spacial score (nSPS) is 11.6. The van der Waals surface area contributed by atoms with E-state index >= 15 is 0 Å². The third-order valence-corrected chi connectivity index (χ3v) is 8.29. The molecule has 0 radical (unpaired) electrons. The maximum Gasteiger partial charge on any atom is 0.134 e. The van der Waals surface area contributed by atoms with Crippen LogP contribution < -0.4 is 0 Å². The number of pyridine rings is 1. The summed E-state index contributed by atoms with van der Waals surface area (Å²) >= 11 is 1.73. The van der Waals surface area contributed by atoms with Crippen LogP contribution in [0.1, 0.15) is 0 Å². The van der Waals surface area contributed by atoms with Gasteiger partial charge in [-0.1, -0.05) is 48.5 Å². The number of fused-ring (bicyclic) bond motifs is 4. The summed E-state index contributed by atoms with van der Waals surface area (Å²) in [6.45, 7) is 0. The molecule has 8 rings (SSSR count). The van der Waals surface area contributed by atoms with Crippen molar-refractivity contribution in [1.29, 1.82) is 0 Å². The number of thiazole rings is 1. The second kappa shape index (κ2) is 8.79. The summed E-state index contributed by atoms with van der Waals surface area (Å²) in [5.74, 6) is 0.822. The molecule has 4 nitrogen and oxygen atoms in total. The number of benzene rings is 4. The molecule has 5 heteroatoms. The van der Waals surface area contributed by atoms with Crippen LogP contribution in [0.4, 0.5) is 0 Å². The van der Waals surface area contributed by atoms with E-state index in [1.54, 1.807) is 17.6 Å². The molecular formula is C34H21N3OS. The molecule has 8 aromatic rings. The van der Waals surface area contributed by atoms with Crippen molar-refractivity contribution in [3.8, 4) is 38.8 Å². The second-order valence-corrected chi connectivity index (χ2v) is 10.5. The Bertz CT molecular complexity index is 2090. The summed E-state index contributed by atoms with van der Waals surface area (Å²) in [5, 5.41) is 3.46. The summed E-state index contributed by atoms with van der Waals surface area (Å²) in [7, 11) is 0. The third-order valence-electron chi connectivity index (χ3n) is 7.20. The van der Waals surface area contributed by atoms with Gasteiger partial charge in [-0.05, 0) is 66.7 Å². The molecule has 0 aliphatic rings. The summed E-state index contributed by atoms with van der Waals surface area (Å²) in [5.41, 5.74) is 8.46. The molecule has 4 aromatic carbocycles. The maximum absolute atomic E-state index is 5.80. The van der Waals surface area contributed by atoms with Crippen molar-refractivity contribution in [2.24, 2.45) is 0 Å². The summed E-state index contributed by atoms with van der Waals surface area (Å²) < 4.78 is 9.35. The molecule has 4 aromatic heterocycles. The van der Waals surface area contributed by atoms with Gasteiger partial charge >= 0.3 is 0 Å². The Morgan fingerprint density at radius 3 is 2.41 bits per heavy atom. The number of furan rings is 1. The zero-order valence-corrected chi connectivity index (χ0v) is 21.6. The van der Waals surface area contributed by atoms with Crippen molar-refractivity contribution in [3.05, 3.63) is 128 Å². The Morgan fingerprint density at radius 2 is 1.54 bits per heavy atom. The lowest BCUT2D eigenvalue weighted by atomic mass is 10.0. The molecule has 0 aliphatic heterocycles. The number of hydrogen-bond acceptors (Lipinski definition) is 4. The minimum atomic E-state index is 0.822. The first-order chi connectivity index (χ1) is 19.3. The van der Waals surface area contributed by atoms with Crippen LogP contribution in [0.25, 0.3) is 70.9 Å². The molecule has 39 heavy (non-hydrogen) atoms. The van der Waals surface area contributed by atoms with Gasteiger partial charge in [0.1, 0.15) is 10.8 Å².